The Bertz CT molecular complexity index is 766. The van der Waals surface area contributed by atoms with Gasteiger partial charge in [0.15, 0.2) is 5.69 Å². The van der Waals surface area contributed by atoms with Crippen molar-refractivity contribution in [1.82, 2.24) is 9.88 Å². The van der Waals surface area contributed by atoms with Crippen LogP contribution in [0.15, 0.2) is 42.5 Å². The van der Waals surface area contributed by atoms with Crippen LogP contribution in [0.25, 0.3) is 0 Å². The number of aromatic carboxylic acids is 1. The summed E-state index contributed by atoms with van der Waals surface area (Å²) in [6.07, 6.45) is 0.410. The van der Waals surface area contributed by atoms with Crippen LogP contribution >= 0.6 is 0 Å². The molecule has 0 aliphatic carbocycles. The van der Waals surface area contributed by atoms with Crippen LogP contribution < -0.4 is 4.90 Å². The molecule has 130 valence electrons. The summed E-state index contributed by atoms with van der Waals surface area (Å²) in [5.74, 6) is -0.268. The first-order chi connectivity index (χ1) is 12.0. The zero-order chi connectivity index (χ0) is 17.8. The maximum absolute atomic E-state index is 12.5. The molecule has 1 fully saturated rings. The van der Waals surface area contributed by atoms with Crippen molar-refractivity contribution in [3.8, 4) is 0 Å². The van der Waals surface area contributed by atoms with Crippen molar-refractivity contribution in [3.05, 3.63) is 59.3 Å². The fraction of sp³-hybridized carbons (Fsp3) is 0.316. The number of nitrogens with zero attached hydrogens (tertiary/aromatic N) is 3. The lowest BCUT2D eigenvalue weighted by atomic mass is 10.1. The smallest absolute Gasteiger partial charge is 0.354 e. The Morgan fingerprint density at radius 1 is 1.04 bits per heavy atom. The third-order valence-corrected chi connectivity index (χ3v) is 4.39. The second kappa shape index (κ2) is 7.34. The van der Waals surface area contributed by atoms with Crippen molar-refractivity contribution in [2.45, 2.75) is 13.3 Å². The number of carboxylic acid groups (broad SMARTS) is 1. The minimum absolute atomic E-state index is 0.0374. The van der Waals surface area contributed by atoms with E-state index in [-0.39, 0.29) is 11.6 Å². The molecule has 0 saturated carbocycles. The highest BCUT2D eigenvalue weighted by molar-refractivity contribution is 5.85. The number of benzene rings is 1. The molecule has 2 aromatic rings. The lowest BCUT2D eigenvalue weighted by Crippen LogP contribution is -2.49. The normalized spacial score (nSPS) is 14.4. The van der Waals surface area contributed by atoms with E-state index in [1.54, 1.807) is 12.1 Å². The first-order valence-corrected chi connectivity index (χ1v) is 8.31. The third kappa shape index (κ3) is 4.15. The SMILES string of the molecule is Cc1ccc(CC(=O)N2CCN(c3cccc(C(=O)O)n3)CC2)cc1. The maximum Gasteiger partial charge on any atom is 0.354 e. The molecule has 1 aliphatic heterocycles. The first kappa shape index (κ1) is 17.0. The summed E-state index contributed by atoms with van der Waals surface area (Å²) in [6, 6.07) is 13.0. The molecule has 1 aromatic carbocycles. The highest BCUT2D eigenvalue weighted by Gasteiger charge is 2.22. The Morgan fingerprint density at radius 3 is 2.36 bits per heavy atom. The number of rotatable bonds is 4. The van der Waals surface area contributed by atoms with Crippen molar-refractivity contribution in [3.63, 3.8) is 0 Å². The van der Waals surface area contributed by atoms with Crippen LogP contribution in [0.5, 0.6) is 0 Å². The summed E-state index contributed by atoms with van der Waals surface area (Å²) in [4.78, 5) is 31.5. The zero-order valence-corrected chi connectivity index (χ0v) is 14.2. The van der Waals surface area contributed by atoms with Crippen LogP contribution in [0.4, 0.5) is 5.82 Å². The highest BCUT2D eigenvalue weighted by atomic mass is 16.4. The number of hydrogen-bond acceptors (Lipinski definition) is 4. The van der Waals surface area contributed by atoms with Crippen LogP contribution in [-0.2, 0) is 11.2 Å². The number of hydrogen-bond donors (Lipinski definition) is 1. The molecular weight excluding hydrogens is 318 g/mol. The standard InChI is InChI=1S/C19H21N3O3/c1-14-5-7-15(8-6-14)13-18(23)22-11-9-21(10-12-22)17-4-2-3-16(20-17)19(24)25/h2-8H,9-13H2,1H3,(H,24,25). The average Bonchev–Trinajstić information content (AvgIpc) is 2.64. The molecule has 0 bridgehead atoms. The molecule has 1 saturated heterocycles. The van der Waals surface area contributed by atoms with Gasteiger partial charge in [-0.05, 0) is 24.6 Å². The van der Waals surface area contributed by atoms with Gasteiger partial charge in [-0.3, -0.25) is 4.79 Å². The predicted molar refractivity (Wildman–Crippen MR) is 94.9 cm³/mol. The molecule has 0 unspecified atom stereocenters. The maximum atomic E-state index is 12.5. The first-order valence-electron chi connectivity index (χ1n) is 8.31. The van der Waals surface area contributed by atoms with Crippen LogP contribution in [0.1, 0.15) is 21.6 Å². The second-order valence-electron chi connectivity index (χ2n) is 6.22. The fourth-order valence-electron chi connectivity index (χ4n) is 2.90. The lowest BCUT2D eigenvalue weighted by molar-refractivity contribution is -0.130. The van der Waals surface area contributed by atoms with E-state index in [2.05, 4.69) is 4.98 Å². The van der Waals surface area contributed by atoms with E-state index in [0.29, 0.717) is 38.4 Å². The molecule has 1 N–H and O–H groups in total. The molecule has 1 aromatic heterocycles. The van der Waals surface area contributed by atoms with Gasteiger partial charge < -0.3 is 14.9 Å². The topological polar surface area (TPSA) is 73.7 Å². The van der Waals surface area contributed by atoms with Gasteiger partial charge in [0.1, 0.15) is 5.82 Å². The molecule has 0 radical (unpaired) electrons. The van der Waals surface area contributed by atoms with Crippen LogP contribution in [-0.4, -0.2) is 53.0 Å². The number of piperazine rings is 1. The molecule has 25 heavy (non-hydrogen) atoms. The molecule has 1 aliphatic rings. The fourth-order valence-corrected chi connectivity index (χ4v) is 2.90. The van der Waals surface area contributed by atoms with Gasteiger partial charge in [0.05, 0.1) is 6.42 Å². The summed E-state index contributed by atoms with van der Waals surface area (Å²) >= 11 is 0. The Morgan fingerprint density at radius 2 is 1.72 bits per heavy atom. The van der Waals surface area contributed by atoms with Crippen molar-refractivity contribution in [1.29, 1.82) is 0 Å². The number of aromatic nitrogens is 1. The minimum atomic E-state index is -1.03. The number of pyridine rings is 1. The van der Waals surface area contributed by atoms with Gasteiger partial charge in [0.2, 0.25) is 5.91 Å². The molecule has 2 heterocycles. The lowest BCUT2D eigenvalue weighted by Gasteiger charge is -2.35. The molecule has 6 nitrogen and oxygen atoms in total. The Labute approximate surface area is 146 Å². The van der Waals surface area contributed by atoms with Crippen molar-refractivity contribution in [2.24, 2.45) is 0 Å². The Hall–Kier alpha value is -2.89. The van der Waals surface area contributed by atoms with E-state index in [9.17, 15) is 9.59 Å². The van der Waals surface area contributed by atoms with Gasteiger partial charge >= 0.3 is 5.97 Å². The summed E-state index contributed by atoms with van der Waals surface area (Å²) < 4.78 is 0. The zero-order valence-electron chi connectivity index (χ0n) is 14.2. The molecule has 0 atom stereocenters. The number of anilines is 1. The number of carbonyl (C=O) groups excluding carboxylic acids is 1. The Kier molecular flexibility index (Phi) is 4.97. The van der Waals surface area contributed by atoms with Crippen molar-refractivity contribution < 1.29 is 14.7 Å². The highest BCUT2D eigenvalue weighted by Crippen LogP contribution is 2.15. The quantitative estimate of drug-likeness (QED) is 0.922. The largest absolute Gasteiger partial charge is 0.477 e. The average molecular weight is 339 g/mol. The Balaban J connectivity index is 1.58. The monoisotopic (exact) mass is 339 g/mol. The van der Waals surface area contributed by atoms with E-state index < -0.39 is 5.97 Å². The van der Waals surface area contributed by atoms with Gasteiger partial charge in [0.25, 0.3) is 0 Å². The summed E-state index contributed by atoms with van der Waals surface area (Å²) in [5.41, 5.74) is 2.24. The second-order valence-corrected chi connectivity index (χ2v) is 6.22. The molecule has 0 spiro atoms. The molecule has 6 heteroatoms. The van der Waals surface area contributed by atoms with Gasteiger partial charge in [-0.2, -0.15) is 0 Å². The van der Waals surface area contributed by atoms with E-state index in [4.69, 9.17) is 5.11 Å². The molecular formula is C19H21N3O3. The van der Waals surface area contributed by atoms with Crippen molar-refractivity contribution in [2.75, 3.05) is 31.1 Å². The summed E-state index contributed by atoms with van der Waals surface area (Å²) in [5, 5.41) is 9.05. The summed E-state index contributed by atoms with van der Waals surface area (Å²) in [6.45, 7) is 4.55. The van der Waals surface area contributed by atoms with Gasteiger partial charge in [-0.1, -0.05) is 35.9 Å². The van der Waals surface area contributed by atoms with E-state index in [1.165, 1.54) is 11.6 Å². The van der Waals surface area contributed by atoms with Crippen molar-refractivity contribution >= 4 is 17.7 Å². The van der Waals surface area contributed by atoms with Gasteiger partial charge in [-0.15, -0.1) is 0 Å². The van der Waals surface area contributed by atoms with Gasteiger partial charge in [0, 0.05) is 26.2 Å². The number of aryl methyl sites for hydroxylation is 1. The summed E-state index contributed by atoms with van der Waals surface area (Å²) in [7, 11) is 0. The van der Waals surface area contributed by atoms with E-state index in [1.807, 2.05) is 41.0 Å². The van der Waals surface area contributed by atoms with E-state index >= 15 is 0 Å². The van der Waals surface area contributed by atoms with Crippen LogP contribution in [0, 0.1) is 6.92 Å². The van der Waals surface area contributed by atoms with Gasteiger partial charge in [-0.25, -0.2) is 9.78 Å². The van der Waals surface area contributed by atoms with Crippen LogP contribution in [0.2, 0.25) is 0 Å². The number of carboxylic acids is 1. The third-order valence-electron chi connectivity index (χ3n) is 4.39. The minimum Gasteiger partial charge on any atom is -0.477 e. The molecule has 1 amide bonds. The number of carbonyl (C=O) groups is 2. The van der Waals surface area contributed by atoms with Crippen LogP contribution in [0.3, 0.4) is 0 Å². The van der Waals surface area contributed by atoms with E-state index in [0.717, 1.165) is 5.56 Å². The number of amides is 1. The predicted octanol–water partition coefficient (Wildman–Crippen LogP) is 1.98. The molecule has 3 rings (SSSR count).